The molecule has 5 aromatic rings. The predicted octanol–water partition coefficient (Wildman–Crippen LogP) is 5.75. The van der Waals surface area contributed by atoms with Gasteiger partial charge in [-0.3, -0.25) is 24.1 Å². The summed E-state index contributed by atoms with van der Waals surface area (Å²) >= 11 is 6.31. The Hall–Kier alpha value is -5.11. The van der Waals surface area contributed by atoms with E-state index in [1.54, 1.807) is 33.0 Å². The number of carbonyl (C=O) groups excluding carboxylic acids is 2. The van der Waals surface area contributed by atoms with Crippen molar-refractivity contribution in [3.05, 3.63) is 93.8 Å². The molecule has 2 aromatic carbocycles. The number of halogens is 4. The van der Waals surface area contributed by atoms with E-state index in [2.05, 4.69) is 25.2 Å². The number of rotatable bonds is 8. The zero-order chi connectivity index (χ0) is 36.6. The van der Waals surface area contributed by atoms with Gasteiger partial charge in [0.05, 0.1) is 44.9 Å². The molecule has 2 saturated heterocycles. The van der Waals surface area contributed by atoms with Crippen LogP contribution in [0.25, 0.3) is 21.9 Å². The molecule has 2 aliphatic rings. The fraction of sp³-hybridized carbons (Fsp3) is 0.378. The summed E-state index contributed by atoms with van der Waals surface area (Å²) in [5.41, 5.74) is 1.97. The van der Waals surface area contributed by atoms with Crippen molar-refractivity contribution in [2.75, 3.05) is 56.5 Å². The topological polar surface area (TPSA) is 119 Å². The van der Waals surface area contributed by atoms with Gasteiger partial charge in [-0.2, -0.15) is 13.2 Å². The van der Waals surface area contributed by atoms with Crippen LogP contribution in [-0.2, 0) is 22.2 Å². The summed E-state index contributed by atoms with van der Waals surface area (Å²) in [5, 5.41) is 3.26. The van der Waals surface area contributed by atoms with Crippen molar-refractivity contribution < 1.29 is 22.8 Å². The van der Waals surface area contributed by atoms with Gasteiger partial charge >= 0.3 is 11.9 Å². The molecule has 2 aliphatic heterocycles. The molecular formula is C37H38ClF3N8O3. The molecule has 15 heteroatoms. The van der Waals surface area contributed by atoms with Gasteiger partial charge in [-0.1, -0.05) is 29.8 Å². The third-order valence-corrected chi connectivity index (χ3v) is 10.5. The number of nitrogens with zero attached hydrogens (tertiary/aromatic N) is 6. The van der Waals surface area contributed by atoms with Crippen molar-refractivity contribution in [2.24, 2.45) is 5.92 Å². The molecular weight excluding hydrogens is 697 g/mol. The van der Waals surface area contributed by atoms with Crippen LogP contribution in [0.4, 0.5) is 24.5 Å². The maximum absolute atomic E-state index is 14.1. The van der Waals surface area contributed by atoms with Gasteiger partial charge in [0.1, 0.15) is 0 Å². The van der Waals surface area contributed by atoms with Crippen molar-refractivity contribution in [1.29, 1.82) is 0 Å². The van der Waals surface area contributed by atoms with E-state index < -0.39 is 17.7 Å². The number of fused-ring (bicyclic) bond motifs is 3. The molecule has 272 valence electrons. The first-order valence-corrected chi connectivity index (χ1v) is 17.7. The Labute approximate surface area is 302 Å². The third-order valence-electron chi connectivity index (χ3n) is 10.2. The van der Waals surface area contributed by atoms with Gasteiger partial charge in [0.2, 0.25) is 11.8 Å². The van der Waals surface area contributed by atoms with Crippen LogP contribution < -0.4 is 15.9 Å². The van der Waals surface area contributed by atoms with Crippen LogP contribution in [-0.4, -0.2) is 87.4 Å². The number of hydrogen-bond acceptors (Lipinski definition) is 7. The third kappa shape index (κ3) is 7.03. The number of imidazole rings is 1. The molecule has 5 heterocycles. The van der Waals surface area contributed by atoms with Crippen LogP contribution >= 0.6 is 11.6 Å². The van der Waals surface area contributed by atoms with E-state index in [0.717, 1.165) is 22.7 Å². The van der Waals surface area contributed by atoms with Crippen molar-refractivity contribution in [2.45, 2.75) is 37.9 Å². The smallest absolute Gasteiger partial charge is 0.386 e. The Morgan fingerprint density at radius 1 is 1.00 bits per heavy atom. The van der Waals surface area contributed by atoms with Crippen molar-refractivity contribution in [3.8, 4) is 0 Å². The van der Waals surface area contributed by atoms with Crippen LogP contribution in [0.2, 0.25) is 5.02 Å². The first kappa shape index (κ1) is 35.3. The number of amides is 2. The molecule has 0 aliphatic carbocycles. The van der Waals surface area contributed by atoms with Gasteiger partial charge in [0, 0.05) is 82.2 Å². The lowest BCUT2D eigenvalue weighted by molar-refractivity contribution is -0.142. The van der Waals surface area contributed by atoms with Crippen LogP contribution in [0.5, 0.6) is 0 Å². The van der Waals surface area contributed by atoms with E-state index in [1.807, 2.05) is 36.4 Å². The first-order valence-electron chi connectivity index (χ1n) is 17.3. The Kier molecular flexibility index (Phi) is 9.84. The fourth-order valence-electron chi connectivity index (χ4n) is 7.59. The largest absolute Gasteiger partial charge is 0.418 e. The number of piperidine rings is 1. The minimum absolute atomic E-state index is 0.0932. The molecule has 2 fully saturated rings. The highest BCUT2D eigenvalue weighted by Crippen LogP contribution is 2.40. The molecule has 0 unspecified atom stereocenters. The van der Waals surface area contributed by atoms with E-state index in [0.29, 0.717) is 63.1 Å². The van der Waals surface area contributed by atoms with Gasteiger partial charge in [-0.15, -0.1) is 0 Å². The number of anilines is 2. The number of nitrogens with one attached hydrogen (secondary N) is 2. The van der Waals surface area contributed by atoms with Gasteiger partial charge in [-0.25, -0.2) is 4.79 Å². The summed E-state index contributed by atoms with van der Waals surface area (Å²) in [4.78, 5) is 58.3. The minimum Gasteiger partial charge on any atom is -0.386 e. The molecule has 2 amide bonds. The molecule has 1 atom stereocenters. The van der Waals surface area contributed by atoms with Gasteiger partial charge in [0.15, 0.2) is 0 Å². The molecule has 0 bridgehead atoms. The van der Waals surface area contributed by atoms with Crippen molar-refractivity contribution in [3.63, 3.8) is 0 Å². The highest BCUT2D eigenvalue weighted by Gasteiger charge is 2.37. The van der Waals surface area contributed by atoms with Gasteiger partial charge in [0.25, 0.3) is 0 Å². The van der Waals surface area contributed by atoms with Crippen LogP contribution in [0.3, 0.4) is 0 Å². The van der Waals surface area contributed by atoms with Crippen molar-refractivity contribution in [1.82, 2.24) is 29.3 Å². The van der Waals surface area contributed by atoms with E-state index in [9.17, 15) is 27.6 Å². The van der Waals surface area contributed by atoms with Gasteiger partial charge in [-0.05, 0) is 55.2 Å². The van der Waals surface area contributed by atoms with Gasteiger partial charge < -0.3 is 25.0 Å². The summed E-state index contributed by atoms with van der Waals surface area (Å²) in [6, 6.07) is 13.6. The van der Waals surface area contributed by atoms with E-state index >= 15 is 0 Å². The lowest BCUT2D eigenvalue weighted by Gasteiger charge is -2.38. The highest BCUT2D eigenvalue weighted by atomic mass is 35.5. The zero-order valence-electron chi connectivity index (χ0n) is 28.5. The Morgan fingerprint density at radius 2 is 1.71 bits per heavy atom. The summed E-state index contributed by atoms with van der Waals surface area (Å²) < 4.78 is 43.9. The second kappa shape index (κ2) is 14.5. The number of hydrogen-bond donors (Lipinski definition) is 2. The Morgan fingerprint density at radius 3 is 2.40 bits per heavy atom. The average Bonchev–Trinajstić information content (AvgIpc) is 3.50. The van der Waals surface area contributed by atoms with Crippen LogP contribution in [0.1, 0.15) is 36.4 Å². The normalized spacial score (nSPS) is 16.4. The molecule has 11 nitrogen and oxygen atoms in total. The Balaban J connectivity index is 1.09. The monoisotopic (exact) mass is 734 g/mol. The number of aromatic nitrogens is 4. The quantitative estimate of drug-likeness (QED) is 0.209. The SMILES string of the molecule is CNc1c(Cl)cc(C[C@@H](CC(=O)N2CCC(n3c(=O)[nH]c4c5ccccc5ncc43)CC2)C(=O)N2CCN(c3ccncc3)CC2)cc1C(F)(F)F. The molecule has 3 aromatic heterocycles. The molecule has 2 N–H and O–H groups in total. The number of aromatic amines is 1. The predicted molar refractivity (Wildman–Crippen MR) is 194 cm³/mol. The fourth-order valence-corrected chi connectivity index (χ4v) is 7.92. The number of carbonyl (C=O) groups is 2. The summed E-state index contributed by atoms with van der Waals surface area (Å²) in [5.74, 6) is -1.46. The number of H-pyrrole nitrogens is 1. The highest BCUT2D eigenvalue weighted by molar-refractivity contribution is 6.33. The number of benzene rings is 2. The number of alkyl halides is 3. The number of piperazine rings is 1. The second-order valence-electron chi connectivity index (χ2n) is 13.3. The standard InChI is InChI=1S/C37H38ClF3N8O3/c1-42-34-28(37(39,40)41)19-23(20-29(34)38)18-24(35(51)48-16-14-46(15-17-48)25-6-10-43-11-7-25)21-32(50)47-12-8-26(9-13-47)49-31-22-44-30-5-3-2-4-27(30)33(31)45-36(49)52/h2-7,10-11,19-20,22,24,26,42H,8-9,12-18,21H2,1H3,(H,45,52)/t24-/m0/s1. The zero-order valence-corrected chi connectivity index (χ0v) is 29.3. The molecule has 0 saturated carbocycles. The molecule has 0 radical (unpaired) electrons. The summed E-state index contributed by atoms with van der Waals surface area (Å²) in [6.45, 7) is 2.63. The molecule has 7 rings (SSSR count). The molecule has 52 heavy (non-hydrogen) atoms. The van der Waals surface area contributed by atoms with E-state index in [-0.39, 0.29) is 52.7 Å². The van der Waals surface area contributed by atoms with E-state index in [4.69, 9.17) is 11.6 Å². The molecule has 0 spiro atoms. The summed E-state index contributed by atoms with van der Waals surface area (Å²) in [6.07, 6.45) is 1.17. The number of likely N-dealkylation sites (tertiary alicyclic amines) is 1. The second-order valence-corrected chi connectivity index (χ2v) is 13.7. The maximum atomic E-state index is 14.1. The van der Waals surface area contributed by atoms with Crippen LogP contribution in [0, 0.1) is 5.92 Å². The maximum Gasteiger partial charge on any atom is 0.418 e. The first-order chi connectivity index (χ1) is 25.0. The average molecular weight is 735 g/mol. The Bertz CT molecular complexity index is 2160. The van der Waals surface area contributed by atoms with E-state index in [1.165, 1.54) is 13.1 Å². The van der Waals surface area contributed by atoms with Crippen LogP contribution in [0.15, 0.2) is 71.9 Å². The number of pyridine rings is 2. The number of para-hydroxylation sites is 1. The van der Waals surface area contributed by atoms with Crippen molar-refractivity contribution >= 4 is 56.7 Å². The minimum atomic E-state index is -4.68. The summed E-state index contributed by atoms with van der Waals surface area (Å²) in [7, 11) is 1.36. The lowest BCUT2D eigenvalue weighted by atomic mass is 9.91. The lowest BCUT2D eigenvalue weighted by Crippen LogP contribution is -2.51.